The van der Waals surface area contributed by atoms with Gasteiger partial charge in [-0.1, -0.05) is 0 Å². The first-order chi connectivity index (χ1) is 8.08. The molecule has 1 amide bonds. The summed E-state index contributed by atoms with van der Waals surface area (Å²) in [4.78, 5) is 25.4. The third-order valence-electron chi connectivity index (χ3n) is 2.77. The molecule has 17 heavy (non-hydrogen) atoms. The van der Waals surface area contributed by atoms with Crippen LogP contribution in [0.3, 0.4) is 0 Å². The van der Waals surface area contributed by atoms with Crippen molar-refractivity contribution in [3.63, 3.8) is 0 Å². The highest BCUT2D eigenvalue weighted by Gasteiger charge is 2.18. The topological polar surface area (TPSA) is 42.3 Å². The third-order valence-corrected chi connectivity index (χ3v) is 4.31. The first-order valence-electron chi connectivity index (χ1n) is 5.41. The summed E-state index contributed by atoms with van der Waals surface area (Å²) in [5.41, 5.74) is 0.0380. The Kier molecular flexibility index (Phi) is 4.45. The van der Waals surface area contributed by atoms with Gasteiger partial charge in [0.05, 0.1) is 7.14 Å². The molecule has 6 heteroatoms. The number of carbonyl (C=O) groups is 1. The fourth-order valence-electron chi connectivity index (χ4n) is 1.87. The lowest BCUT2D eigenvalue weighted by atomic mass is 10.4. The van der Waals surface area contributed by atoms with Crippen LogP contribution >= 0.6 is 45.2 Å². The van der Waals surface area contributed by atoms with Crippen molar-refractivity contribution in [1.82, 2.24) is 9.47 Å². The second-order valence-electron chi connectivity index (χ2n) is 4.04. The number of pyridine rings is 1. The minimum Gasteiger partial charge on any atom is -0.343 e. The number of nitrogens with zero attached hydrogens (tertiary/aromatic N) is 2. The summed E-state index contributed by atoms with van der Waals surface area (Å²) in [6, 6.07) is 0. The molecule has 4 nitrogen and oxygen atoms in total. The number of halogens is 2. The molecule has 0 N–H and O–H groups in total. The van der Waals surface area contributed by atoms with Crippen LogP contribution in [0.4, 0.5) is 0 Å². The Hall–Kier alpha value is -0.120. The van der Waals surface area contributed by atoms with Crippen molar-refractivity contribution in [1.29, 1.82) is 0 Å². The molecular weight excluding hydrogens is 446 g/mol. The summed E-state index contributed by atoms with van der Waals surface area (Å²) < 4.78 is 3.11. The number of aromatic nitrogens is 1. The number of carbonyl (C=O) groups excluding carboxylic acids is 1. The molecule has 92 valence electrons. The van der Waals surface area contributed by atoms with Crippen LogP contribution in [0, 0.1) is 7.14 Å². The second-order valence-corrected chi connectivity index (χ2v) is 6.37. The summed E-state index contributed by atoms with van der Waals surface area (Å²) in [6.07, 6.45) is 5.67. The molecule has 0 bridgehead atoms. The van der Waals surface area contributed by atoms with Crippen LogP contribution in [0.15, 0.2) is 17.2 Å². The lowest BCUT2D eigenvalue weighted by Gasteiger charge is -2.16. The zero-order chi connectivity index (χ0) is 12.4. The van der Waals surface area contributed by atoms with Crippen molar-refractivity contribution in [3.8, 4) is 0 Å². The molecule has 0 atom stereocenters. The Morgan fingerprint density at radius 1 is 1.18 bits per heavy atom. The van der Waals surface area contributed by atoms with E-state index in [-0.39, 0.29) is 11.3 Å². The lowest BCUT2D eigenvalue weighted by molar-refractivity contribution is -0.130. The molecule has 1 aromatic heterocycles. The van der Waals surface area contributed by atoms with Crippen LogP contribution in [0.1, 0.15) is 12.8 Å². The maximum atomic E-state index is 11.9. The maximum absolute atomic E-state index is 11.9. The van der Waals surface area contributed by atoms with Crippen molar-refractivity contribution in [2.24, 2.45) is 0 Å². The molecule has 0 saturated carbocycles. The third kappa shape index (κ3) is 3.21. The Bertz CT molecular complexity index is 466. The summed E-state index contributed by atoms with van der Waals surface area (Å²) in [6.45, 7) is 2.06. The first kappa shape index (κ1) is 13.3. The van der Waals surface area contributed by atoms with Crippen molar-refractivity contribution in [2.45, 2.75) is 19.4 Å². The summed E-state index contributed by atoms with van der Waals surface area (Å²) in [7, 11) is 0. The molecule has 0 aromatic carbocycles. The van der Waals surface area contributed by atoms with Gasteiger partial charge in [-0.3, -0.25) is 9.59 Å². The van der Waals surface area contributed by atoms with Gasteiger partial charge >= 0.3 is 0 Å². The van der Waals surface area contributed by atoms with E-state index in [0.717, 1.165) is 25.9 Å². The standard InChI is InChI=1S/C11H12I2N2O2/c12-8-5-14(6-9(13)11(8)17)7-10(16)15-3-1-2-4-15/h5-6H,1-4,7H2. The largest absolute Gasteiger partial charge is 0.343 e. The zero-order valence-corrected chi connectivity index (χ0v) is 13.5. The molecule has 0 unspecified atom stereocenters. The molecule has 1 fully saturated rings. The predicted molar refractivity (Wildman–Crippen MR) is 82.0 cm³/mol. The highest BCUT2D eigenvalue weighted by molar-refractivity contribution is 14.1. The predicted octanol–water partition coefficient (Wildman–Crippen LogP) is 1.68. The van der Waals surface area contributed by atoms with Gasteiger partial charge in [-0.2, -0.15) is 0 Å². The van der Waals surface area contributed by atoms with E-state index in [1.54, 1.807) is 17.0 Å². The van der Waals surface area contributed by atoms with E-state index in [9.17, 15) is 9.59 Å². The normalized spacial score (nSPS) is 15.3. The molecule has 1 saturated heterocycles. The van der Waals surface area contributed by atoms with Gasteiger partial charge in [0, 0.05) is 25.5 Å². The van der Waals surface area contributed by atoms with E-state index in [0.29, 0.717) is 13.7 Å². The SMILES string of the molecule is O=C(Cn1cc(I)c(=O)c(I)c1)N1CCCC1. The smallest absolute Gasteiger partial charge is 0.242 e. The molecule has 2 rings (SSSR count). The quantitative estimate of drug-likeness (QED) is 0.634. The van der Waals surface area contributed by atoms with Gasteiger partial charge in [-0.25, -0.2) is 0 Å². The molecule has 0 spiro atoms. The van der Waals surface area contributed by atoms with Gasteiger partial charge < -0.3 is 9.47 Å². The summed E-state index contributed by atoms with van der Waals surface area (Å²) in [5, 5.41) is 0. The average molecular weight is 458 g/mol. The number of rotatable bonds is 2. The van der Waals surface area contributed by atoms with Crippen LogP contribution in [0.25, 0.3) is 0 Å². The minimum atomic E-state index is 0.0380. The Balaban J connectivity index is 2.13. The van der Waals surface area contributed by atoms with Crippen LogP contribution in [0.2, 0.25) is 0 Å². The van der Waals surface area contributed by atoms with Gasteiger partial charge in [0.25, 0.3) is 0 Å². The van der Waals surface area contributed by atoms with Crippen molar-refractivity contribution in [2.75, 3.05) is 13.1 Å². The number of hydrogen-bond acceptors (Lipinski definition) is 2. The fourth-order valence-corrected chi connectivity index (χ4v) is 3.69. The molecule has 0 aliphatic carbocycles. The molecular formula is C11H12I2N2O2. The fraction of sp³-hybridized carbons (Fsp3) is 0.455. The number of likely N-dealkylation sites (tertiary alicyclic amines) is 1. The van der Waals surface area contributed by atoms with Gasteiger partial charge in [0.1, 0.15) is 6.54 Å². The van der Waals surface area contributed by atoms with Gasteiger partial charge in [-0.05, 0) is 58.0 Å². The first-order valence-corrected chi connectivity index (χ1v) is 7.56. The highest BCUT2D eigenvalue weighted by atomic mass is 127. The second kappa shape index (κ2) is 5.68. The van der Waals surface area contributed by atoms with Gasteiger partial charge in [-0.15, -0.1) is 0 Å². The molecule has 2 heterocycles. The lowest BCUT2D eigenvalue weighted by Crippen LogP contribution is -2.31. The van der Waals surface area contributed by atoms with Crippen LogP contribution in [0.5, 0.6) is 0 Å². The summed E-state index contributed by atoms with van der Waals surface area (Å²) in [5.74, 6) is 0.137. The average Bonchev–Trinajstić information content (AvgIpc) is 2.79. The van der Waals surface area contributed by atoms with Crippen molar-refractivity contribution >= 4 is 51.1 Å². The Morgan fingerprint density at radius 2 is 1.71 bits per heavy atom. The zero-order valence-electron chi connectivity index (χ0n) is 9.16. The number of hydrogen-bond donors (Lipinski definition) is 0. The summed E-state index contributed by atoms with van der Waals surface area (Å²) >= 11 is 4.02. The van der Waals surface area contributed by atoms with E-state index in [2.05, 4.69) is 0 Å². The molecule has 1 aliphatic rings. The van der Waals surface area contributed by atoms with E-state index < -0.39 is 0 Å². The van der Waals surface area contributed by atoms with Crippen molar-refractivity contribution < 1.29 is 4.79 Å². The van der Waals surface area contributed by atoms with E-state index in [4.69, 9.17) is 0 Å². The maximum Gasteiger partial charge on any atom is 0.242 e. The van der Waals surface area contributed by atoms with Crippen LogP contribution in [-0.2, 0) is 11.3 Å². The Labute approximate surface area is 127 Å². The highest BCUT2D eigenvalue weighted by Crippen LogP contribution is 2.09. The van der Waals surface area contributed by atoms with Gasteiger partial charge in [0.15, 0.2) is 0 Å². The Morgan fingerprint density at radius 3 is 2.24 bits per heavy atom. The van der Waals surface area contributed by atoms with Gasteiger partial charge in [0.2, 0.25) is 11.3 Å². The van der Waals surface area contributed by atoms with E-state index >= 15 is 0 Å². The molecule has 0 radical (unpaired) electrons. The van der Waals surface area contributed by atoms with Crippen molar-refractivity contribution in [3.05, 3.63) is 29.8 Å². The molecule has 1 aliphatic heterocycles. The molecule has 1 aromatic rings. The monoisotopic (exact) mass is 458 g/mol. The minimum absolute atomic E-state index is 0.0380. The van der Waals surface area contributed by atoms with E-state index in [1.165, 1.54) is 0 Å². The van der Waals surface area contributed by atoms with E-state index in [1.807, 2.05) is 50.1 Å². The number of amides is 1. The van der Waals surface area contributed by atoms with Crippen LogP contribution in [-0.4, -0.2) is 28.5 Å². The van der Waals surface area contributed by atoms with Crippen LogP contribution < -0.4 is 5.43 Å².